The maximum absolute atomic E-state index is 11.0. The monoisotopic (exact) mass is 168 g/mol. The lowest BCUT2D eigenvalue weighted by atomic mass is 10.0. The van der Waals surface area contributed by atoms with Gasteiger partial charge in [0.2, 0.25) is 0 Å². The van der Waals surface area contributed by atoms with E-state index in [4.69, 9.17) is 0 Å². The highest BCUT2D eigenvalue weighted by molar-refractivity contribution is 5.72. The summed E-state index contributed by atoms with van der Waals surface area (Å²) in [5.41, 5.74) is 0.954. The minimum atomic E-state index is -0.180. The van der Waals surface area contributed by atoms with Crippen LogP contribution in [-0.4, -0.2) is 13.1 Å². The van der Waals surface area contributed by atoms with E-state index < -0.39 is 0 Å². The molecule has 0 amide bonds. The van der Waals surface area contributed by atoms with E-state index in [0.29, 0.717) is 6.42 Å². The Kier molecular flexibility index (Phi) is 5.09. The zero-order valence-electron chi connectivity index (χ0n) is 7.96. The first-order valence-corrected chi connectivity index (χ1v) is 4.00. The lowest BCUT2D eigenvalue weighted by Gasteiger charge is -2.07. The van der Waals surface area contributed by atoms with Gasteiger partial charge in [-0.25, -0.2) is 0 Å². The third-order valence-electron chi connectivity index (χ3n) is 1.57. The maximum Gasteiger partial charge on any atom is 0.308 e. The Morgan fingerprint density at radius 1 is 1.67 bits per heavy atom. The van der Waals surface area contributed by atoms with Gasteiger partial charge in [0.05, 0.1) is 13.0 Å². The molecule has 0 fully saturated rings. The number of rotatable bonds is 4. The van der Waals surface area contributed by atoms with Crippen molar-refractivity contribution in [3.05, 3.63) is 24.3 Å². The molecule has 68 valence electrons. The van der Waals surface area contributed by atoms with Crippen molar-refractivity contribution >= 4 is 5.97 Å². The molecule has 0 aliphatic rings. The zero-order valence-corrected chi connectivity index (χ0v) is 7.96. The van der Waals surface area contributed by atoms with Crippen LogP contribution >= 0.6 is 0 Å². The SMILES string of the molecule is C=C(/C=C\C)CC(C)C(=O)OC. The predicted octanol–water partition coefficient (Wildman–Crippen LogP) is 2.32. The van der Waals surface area contributed by atoms with Crippen LogP contribution in [0.3, 0.4) is 0 Å². The van der Waals surface area contributed by atoms with Crippen molar-refractivity contribution in [2.75, 3.05) is 7.11 Å². The second kappa shape index (κ2) is 5.58. The summed E-state index contributed by atoms with van der Waals surface area (Å²) in [7, 11) is 1.40. The van der Waals surface area contributed by atoms with Crippen molar-refractivity contribution in [2.45, 2.75) is 20.3 Å². The fourth-order valence-corrected chi connectivity index (χ4v) is 0.982. The van der Waals surface area contributed by atoms with E-state index in [1.165, 1.54) is 7.11 Å². The molecule has 0 aromatic heterocycles. The molecule has 1 unspecified atom stereocenters. The molecule has 0 aromatic rings. The molecule has 0 heterocycles. The summed E-state index contributed by atoms with van der Waals surface area (Å²) in [5, 5.41) is 0. The molecule has 0 aliphatic carbocycles. The molecule has 0 aromatic carbocycles. The van der Waals surface area contributed by atoms with Crippen LogP contribution in [0.4, 0.5) is 0 Å². The molecule has 2 heteroatoms. The number of carbonyl (C=O) groups is 1. The summed E-state index contributed by atoms with van der Waals surface area (Å²) in [6.07, 6.45) is 4.47. The average molecular weight is 168 g/mol. The number of allylic oxidation sites excluding steroid dienone is 3. The summed E-state index contributed by atoms with van der Waals surface area (Å²) < 4.78 is 4.59. The van der Waals surface area contributed by atoms with Gasteiger partial charge < -0.3 is 4.74 Å². The second-order valence-electron chi connectivity index (χ2n) is 2.79. The molecule has 0 saturated heterocycles. The summed E-state index contributed by atoms with van der Waals surface area (Å²) in [6.45, 7) is 7.56. The van der Waals surface area contributed by atoms with E-state index >= 15 is 0 Å². The number of esters is 1. The highest BCUT2D eigenvalue weighted by atomic mass is 16.5. The summed E-state index contributed by atoms with van der Waals surface area (Å²) >= 11 is 0. The standard InChI is InChI=1S/C10H16O2/c1-5-6-8(2)7-9(3)10(11)12-4/h5-6,9H,2,7H2,1,3-4H3/b6-5-. The first-order valence-electron chi connectivity index (χ1n) is 4.00. The van der Waals surface area contributed by atoms with Crippen LogP contribution < -0.4 is 0 Å². The fraction of sp³-hybridized carbons (Fsp3) is 0.500. The van der Waals surface area contributed by atoms with Crippen LogP contribution in [0.5, 0.6) is 0 Å². The van der Waals surface area contributed by atoms with E-state index in [9.17, 15) is 4.79 Å². The van der Waals surface area contributed by atoms with Crippen molar-refractivity contribution in [2.24, 2.45) is 5.92 Å². The molecule has 12 heavy (non-hydrogen) atoms. The Bertz CT molecular complexity index is 192. The Balaban J connectivity index is 3.92. The van der Waals surface area contributed by atoms with Crippen LogP contribution in [0.1, 0.15) is 20.3 Å². The van der Waals surface area contributed by atoms with Gasteiger partial charge in [-0.15, -0.1) is 0 Å². The van der Waals surface area contributed by atoms with Crippen LogP contribution in [0.25, 0.3) is 0 Å². The zero-order chi connectivity index (χ0) is 9.56. The van der Waals surface area contributed by atoms with E-state index in [1.807, 2.05) is 26.0 Å². The quantitative estimate of drug-likeness (QED) is 0.475. The maximum atomic E-state index is 11.0. The lowest BCUT2D eigenvalue weighted by Crippen LogP contribution is -2.12. The summed E-state index contributed by atoms with van der Waals surface area (Å²) in [6, 6.07) is 0. The molecule has 0 bridgehead atoms. The van der Waals surface area contributed by atoms with Gasteiger partial charge in [-0.05, 0) is 13.3 Å². The topological polar surface area (TPSA) is 26.3 Å². The minimum absolute atomic E-state index is 0.0984. The van der Waals surface area contributed by atoms with Crippen molar-refractivity contribution in [3.8, 4) is 0 Å². The Morgan fingerprint density at radius 3 is 2.67 bits per heavy atom. The lowest BCUT2D eigenvalue weighted by molar-refractivity contribution is -0.144. The smallest absolute Gasteiger partial charge is 0.308 e. The molecule has 0 radical (unpaired) electrons. The molecule has 2 nitrogen and oxygen atoms in total. The number of methoxy groups -OCH3 is 1. The third-order valence-corrected chi connectivity index (χ3v) is 1.57. The van der Waals surface area contributed by atoms with Crippen molar-refractivity contribution in [3.63, 3.8) is 0 Å². The number of ether oxygens (including phenoxy) is 1. The second-order valence-corrected chi connectivity index (χ2v) is 2.79. The van der Waals surface area contributed by atoms with Gasteiger partial charge in [-0.3, -0.25) is 4.79 Å². The van der Waals surface area contributed by atoms with Gasteiger partial charge in [0, 0.05) is 0 Å². The van der Waals surface area contributed by atoms with Gasteiger partial charge in [0.25, 0.3) is 0 Å². The first kappa shape index (κ1) is 11.0. The highest BCUT2D eigenvalue weighted by Crippen LogP contribution is 2.11. The highest BCUT2D eigenvalue weighted by Gasteiger charge is 2.12. The Hall–Kier alpha value is -1.05. The van der Waals surface area contributed by atoms with Gasteiger partial charge in [-0.1, -0.05) is 31.2 Å². The van der Waals surface area contributed by atoms with Crippen LogP contribution in [0.15, 0.2) is 24.3 Å². The van der Waals surface area contributed by atoms with Gasteiger partial charge >= 0.3 is 5.97 Å². The molecule has 0 N–H and O–H groups in total. The van der Waals surface area contributed by atoms with Gasteiger partial charge in [-0.2, -0.15) is 0 Å². The summed E-state index contributed by atoms with van der Waals surface area (Å²) in [4.78, 5) is 11.0. The van der Waals surface area contributed by atoms with E-state index in [0.717, 1.165) is 5.57 Å². The van der Waals surface area contributed by atoms with Crippen LogP contribution in [0.2, 0.25) is 0 Å². The minimum Gasteiger partial charge on any atom is -0.469 e. The van der Waals surface area contributed by atoms with Gasteiger partial charge in [0.1, 0.15) is 0 Å². The first-order chi connectivity index (χ1) is 5.61. The molecular formula is C10H16O2. The normalized spacial score (nSPS) is 12.9. The Labute approximate surface area is 73.9 Å². The third kappa shape index (κ3) is 3.96. The fourth-order valence-electron chi connectivity index (χ4n) is 0.982. The number of hydrogen-bond donors (Lipinski definition) is 0. The molecule has 0 aliphatic heterocycles. The van der Waals surface area contributed by atoms with Crippen LogP contribution in [0, 0.1) is 5.92 Å². The number of hydrogen-bond acceptors (Lipinski definition) is 2. The van der Waals surface area contributed by atoms with Crippen molar-refractivity contribution < 1.29 is 9.53 Å². The number of carbonyl (C=O) groups excluding carboxylic acids is 1. The molecule has 0 spiro atoms. The van der Waals surface area contributed by atoms with Gasteiger partial charge in [0.15, 0.2) is 0 Å². The summed E-state index contributed by atoms with van der Waals surface area (Å²) in [5.74, 6) is -0.278. The largest absolute Gasteiger partial charge is 0.469 e. The molecule has 0 rings (SSSR count). The molecular weight excluding hydrogens is 152 g/mol. The van der Waals surface area contributed by atoms with Crippen LogP contribution in [-0.2, 0) is 9.53 Å². The molecule has 1 atom stereocenters. The van der Waals surface area contributed by atoms with E-state index in [1.54, 1.807) is 0 Å². The van der Waals surface area contributed by atoms with E-state index in [-0.39, 0.29) is 11.9 Å². The predicted molar refractivity (Wildman–Crippen MR) is 49.8 cm³/mol. The Morgan fingerprint density at radius 2 is 2.25 bits per heavy atom. The van der Waals surface area contributed by atoms with Crippen molar-refractivity contribution in [1.82, 2.24) is 0 Å². The van der Waals surface area contributed by atoms with E-state index in [2.05, 4.69) is 11.3 Å². The average Bonchev–Trinajstić information content (AvgIpc) is 2.03. The molecule has 0 saturated carbocycles. The van der Waals surface area contributed by atoms with Crippen molar-refractivity contribution in [1.29, 1.82) is 0 Å².